The average molecular weight is 765 g/mol. The summed E-state index contributed by atoms with van der Waals surface area (Å²) in [4.78, 5) is 20.2. The minimum Gasteiger partial charge on any atom is -0.391 e. The standard InChI is InChI=1S/2C18H15P.C8H4O2.Pd/c2*1-4-10-16(11-5-1)19(17-12-6-2-7-13-17)18-14-8-3-9-15-18;9-5-7-3-1-2-4-8(7)6-10;/h2*1-15H;1-4H;/q;;-2;+2/p+2. The molecule has 5 heteroatoms. The summed E-state index contributed by atoms with van der Waals surface area (Å²) in [5.74, 6) is 0. The van der Waals surface area contributed by atoms with Crippen molar-refractivity contribution in [3.8, 4) is 0 Å². The van der Waals surface area contributed by atoms with Gasteiger partial charge in [-0.3, -0.25) is 11.1 Å². The van der Waals surface area contributed by atoms with E-state index < -0.39 is 15.8 Å². The Labute approximate surface area is 306 Å². The van der Waals surface area contributed by atoms with Gasteiger partial charge in [0.05, 0.1) is 15.8 Å². The second kappa shape index (κ2) is 20.7. The minimum absolute atomic E-state index is 0. The van der Waals surface area contributed by atoms with Gasteiger partial charge in [-0.1, -0.05) is 109 Å². The third-order valence-electron chi connectivity index (χ3n) is 7.52. The quantitative estimate of drug-likeness (QED) is 0.0955. The Balaban J connectivity index is 0.000000172. The molecule has 0 aliphatic rings. The third kappa shape index (κ3) is 11.0. The first-order valence-electron chi connectivity index (χ1n) is 15.7. The normalized spacial score (nSPS) is 10.0. The summed E-state index contributed by atoms with van der Waals surface area (Å²) >= 11 is 0. The van der Waals surface area contributed by atoms with Gasteiger partial charge in [-0.15, -0.1) is 12.1 Å². The molecule has 0 aliphatic carbocycles. The Morgan fingerprint density at radius 3 is 0.592 bits per heavy atom. The van der Waals surface area contributed by atoms with E-state index in [9.17, 15) is 9.59 Å². The van der Waals surface area contributed by atoms with Crippen molar-refractivity contribution in [2.45, 2.75) is 0 Å². The molecule has 0 N–H and O–H groups in total. The van der Waals surface area contributed by atoms with Crippen molar-refractivity contribution in [3.63, 3.8) is 0 Å². The summed E-state index contributed by atoms with van der Waals surface area (Å²) in [6.07, 6.45) is 3.27. The maximum absolute atomic E-state index is 10.1. The van der Waals surface area contributed by atoms with Gasteiger partial charge in [-0.25, -0.2) is 12.1 Å². The van der Waals surface area contributed by atoms with Gasteiger partial charge < -0.3 is 9.59 Å². The summed E-state index contributed by atoms with van der Waals surface area (Å²) in [7, 11) is -1.75. The van der Waals surface area contributed by atoms with Crippen LogP contribution in [0, 0.1) is 0 Å². The maximum atomic E-state index is 10.1. The van der Waals surface area contributed by atoms with Crippen LogP contribution in [0.1, 0.15) is 11.1 Å². The second-order valence-electron chi connectivity index (χ2n) is 10.7. The predicted molar refractivity (Wildman–Crippen MR) is 209 cm³/mol. The molecule has 0 saturated heterocycles. The molecule has 0 heterocycles. The van der Waals surface area contributed by atoms with E-state index in [2.05, 4.69) is 182 Å². The number of carbonyl (C=O) groups excluding carboxylic acids is 2. The zero-order chi connectivity index (χ0) is 33.2. The van der Waals surface area contributed by atoms with E-state index in [1.54, 1.807) is 24.7 Å². The monoisotopic (exact) mass is 764 g/mol. The van der Waals surface area contributed by atoms with Crippen LogP contribution in [-0.2, 0) is 30.0 Å². The first-order chi connectivity index (χ1) is 23.8. The van der Waals surface area contributed by atoms with Gasteiger partial charge in [0.2, 0.25) is 0 Å². The predicted octanol–water partition coefficient (Wildman–Crippen LogP) is 6.95. The van der Waals surface area contributed by atoms with Crippen LogP contribution in [0.4, 0.5) is 0 Å². The van der Waals surface area contributed by atoms with E-state index in [0.29, 0.717) is 0 Å². The second-order valence-corrected chi connectivity index (χ2v) is 15.7. The van der Waals surface area contributed by atoms with E-state index in [4.69, 9.17) is 0 Å². The van der Waals surface area contributed by atoms with Crippen LogP contribution in [-0.4, -0.2) is 12.6 Å². The first kappa shape index (κ1) is 37.2. The third-order valence-corrected chi connectivity index (χ3v) is 13.0. The fraction of sp³-hybridized carbons (Fsp3) is 0. The molecule has 7 aromatic carbocycles. The summed E-state index contributed by atoms with van der Waals surface area (Å²) in [6.45, 7) is 0. The Morgan fingerprint density at radius 1 is 0.265 bits per heavy atom. The van der Waals surface area contributed by atoms with Crippen LogP contribution in [0.3, 0.4) is 0 Å². The van der Waals surface area contributed by atoms with E-state index in [0.717, 1.165) is 0 Å². The SMILES string of the molecule is O=[C-]c1ccccc1[C-]=O.[Pd+2].c1ccc([PH+](c2ccccc2)c2ccccc2)cc1.c1ccc([PH+](c2ccccc2)c2ccccc2)cc1. The molecule has 0 bridgehead atoms. The Morgan fingerprint density at radius 2 is 0.429 bits per heavy atom. The zero-order valence-electron chi connectivity index (χ0n) is 26.8. The van der Waals surface area contributed by atoms with Crippen LogP contribution >= 0.6 is 15.8 Å². The molecular weight excluding hydrogens is 729 g/mol. The van der Waals surface area contributed by atoms with Crippen molar-refractivity contribution in [3.05, 3.63) is 217 Å². The van der Waals surface area contributed by atoms with Crippen molar-refractivity contribution < 1.29 is 30.0 Å². The van der Waals surface area contributed by atoms with Crippen LogP contribution in [0.2, 0.25) is 0 Å². The minimum atomic E-state index is -0.877. The fourth-order valence-electron chi connectivity index (χ4n) is 5.29. The molecule has 2 nitrogen and oxygen atoms in total. The molecule has 0 atom stereocenters. The van der Waals surface area contributed by atoms with E-state index in [-0.39, 0.29) is 31.5 Å². The van der Waals surface area contributed by atoms with Gasteiger partial charge in [0.1, 0.15) is 31.8 Å². The number of hydrogen-bond donors (Lipinski definition) is 0. The van der Waals surface area contributed by atoms with Crippen LogP contribution < -0.4 is 31.8 Å². The summed E-state index contributed by atoms with van der Waals surface area (Å²) < 4.78 is 0. The molecule has 242 valence electrons. The molecular formula is C44H36O2P2Pd+2. The smallest absolute Gasteiger partial charge is 0.391 e. The Bertz CT molecular complexity index is 1610. The molecule has 0 aliphatic heterocycles. The number of rotatable bonds is 8. The van der Waals surface area contributed by atoms with Crippen molar-refractivity contribution in [2.24, 2.45) is 0 Å². The molecule has 0 unspecified atom stereocenters. The van der Waals surface area contributed by atoms with Crippen molar-refractivity contribution in [1.29, 1.82) is 0 Å². The van der Waals surface area contributed by atoms with Gasteiger partial charge in [-0.05, 0) is 85.4 Å². The Kier molecular flexibility index (Phi) is 15.7. The average Bonchev–Trinajstić information content (AvgIpc) is 3.18. The largest absolute Gasteiger partial charge is 2.00 e. The molecule has 0 spiro atoms. The number of hydrogen-bond acceptors (Lipinski definition) is 2. The van der Waals surface area contributed by atoms with Crippen LogP contribution in [0.5, 0.6) is 0 Å². The van der Waals surface area contributed by atoms with Crippen molar-refractivity contribution in [1.82, 2.24) is 0 Å². The van der Waals surface area contributed by atoms with Gasteiger partial charge in [0.25, 0.3) is 0 Å². The molecule has 0 amide bonds. The van der Waals surface area contributed by atoms with E-state index >= 15 is 0 Å². The summed E-state index contributed by atoms with van der Waals surface area (Å²) in [6, 6.07) is 71.4. The topological polar surface area (TPSA) is 34.1 Å². The maximum Gasteiger partial charge on any atom is 2.00 e. The molecule has 0 radical (unpaired) electrons. The molecule has 7 rings (SSSR count). The van der Waals surface area contributed by atoms with E-state index in [1.807, 2.05) is 0 Å². The van der Waals surface area contributed by atoms with Gasteiger partial charge >= 0.3 is 20.4 Å². The van der Waals surface area contributed by atoms with Gasteiger partial charge in [0.15, 0.2) is 0 Å². The first-order valence-corrected chi connectivity index (χ1v) is 18.7. The Hall–Kier alpha value is -4.60. The molecule has 7 aromatic rings. The number of benzene rings is 7. The van der Waals surface area contributed by atoms with Crippen molar-refractivity contribution in [2.75, 3.05) is 0 Å². The molecule has 0 saturated carbocycles. The summed E-state index contributed by atoms with van der Waals surface area (Å²) in [5, 5.41) is 8.61. The molecule has 49 heavy (non-hydrogen) atoms. The van der Waals surface area contributed by atoms with Gasteiger partial charge in [0, 0.05) is 0 Å². The van der Waals surface area contributed by atoms with Crippen molar-refractivity contribution >= 4 is 60.2 Å². The molecule has 0 fully saturated rings. The van der Waals surface area contributed by atoms with Crippen LogP contribution in [0.25, 0.3) is 0 Å². The van der Waals surface area contributed by atoms with Gasteiger partial charge in [-0.2, -0.15) is 0 Å². The zero-order valence-corrected chi connectivity index (χ0v) is 30.3. The fourth-order valence-corrected chi connectivity index (χ4v) is 10.4. The molecule has 0 aromatic heterocycles. The summed E-state index contributed by atoms with van der Waals surface area (Å²) in [5.41, 5.74) is 0.523. The van der Waals surface area contributed by atoms with E-state index in [1.165, 1.54) is 44.0 Å². The van der Waals surface area contributed by atoms with Crippen LogP contribution in [0.15, 0.2) is 206 Å².